The van der Waals surface area contributed by atoms with Crippen LogP contribution < -0.4 is 0 Å². The summed E-state index contributed by atoms with van der Waals surface area (Å²) in [6.07, 6.45) is 48.8. The Balaban J connectivity index is 0.954. The first-order valence-electron chi connectivity index (χ1n) is 24.8. The van der Waals surface area contributed by atoms with Crippen LogP contribution in [0.15, 0.2) is 0 Å². The highest BCUT2D eigenvalue weighted by molar-refractivity contribution is 5.11. The van der Waals surface area contributed by atoms with E-state index in [1.807, 2.05) is 0 Å². The van der Waals surface area contributed by atoms with Gasteiger partial charge >= 0.3 is 0 Å². The molecule has 18 unspecified atom stereocenters. The SMILES string of the molecule is C1CCC2C(C1)CCC1C2CC(C2C3CCCCC3C(C3CC4C5CCCCC5CCC4C4CCCCC43)C3CCCCC32)C2CCCCC12. The van der Waals surface area contributed by atoms with Crippen LogP contribution in [0.2, 0.25) is 0 Å². The Morgan fingerprint density at radius 2 is 0.420 bits per heavy atom. The zero-order chi connectivity index (χ0) is 32.8. The smallest absolute Gasteiger partial charge is 0.0321 e. The van der Waals surface area contributed by atoms with Gasteiger partial charge < -0.3 is 0 Å². The lowest BCUT2D eigenvalue weighted by atomic mass is 9.39. The third-order valence-corrected chi connectivity index (χ3v) is 21.6. The molecule has 0 nitrogen and oxygen atoms in total. The van der Waals surface area contributed by atoms with Gasteiger partial charge in [0, 0.05) is 0 Å². The molecular weight excluding hydrogens is 601 g/mol. The Morgan fingerprint density at radius 3 is 0.780 bits per heavy atom. The van der Waals surface area contributed by atoms with E-state index < -0.39 is 0 Å². The minimum absolute atomic E-state index is 1.13. The summed E-state index contributed by atoms with van der Waals surface area (Å²) in [5, 5.41) is 0. The average Bonchev–Trinajstić information content (AvgIpc) is 3.19. The zero-order valence-corrected chi connectivity index (χ0v) is 32.8. The Hall–Kier alpha value is 0. The zero-order valence-electron chi connectivity index (χ0n) is 32.8. The second-order valence-electron chi connectivity index (χ2n) is 22.6. The monoisotopic (exact) mass is 681 g/mol. The van der Waals surface area contributed by atoms with Gasteiger partial charge in [0.2, 0.25) is 0 Å². The predicted octanol–water partition coefficient (Wildman–Crippen LogP) is 14.2. The minimum Gasteiger partial charge on any atom is -0.0530 e. The Bertz CT molecular complexity index is 1050. The van der Waals surface area contributed by atoms with Crippen LogP contribution in [0.25, 0.3) is 0 Å². The van der Waals surface area contributed by atoms with E-state index in [4.69, 9.17) is 0 Å². The molecule has 50 heavy (non-hydrogen) atoms. The molecule has 280 valence electrons. The van der Waals surface area contributed by atoms with Crippen LogP contribution in [-0.4, -0.2) is 0 Å². The third-order valence-electron chi connectivity index (χ3n) is 21.6. The first-order chi connectivity index (χ1) is 24.8. The van der Waals surface area contributed by atoms with Gasteiger partial charge in [0.1, 0.15) is 0 Å². The fourth-order valence-electron chi connectivity index (χ4n) is 20.5. The van der Waals surface area contributed by atoms with Crippen LogP contribution in [0, 0.1) is 118 Å². The molecule has 11 rings (SSSR count). The summed E-state index contributed by atoms with van der Waals surface area (Å²) in [4.78, 5) is 0. The second kappa shape index (κ2) is 13.9. The fraction of sp³-hybridized carbons (Fsp3) is 1.00. The van der Waals surface area contributed by atoms with Gasteiger partial charge in [0.05, 0.1) is 0 Å². The lowest BCUT2D eigenvalue weighted by Gasteiger charge is -2.66. The molecule has 0 saturated heterocycles. The van der Waals surface area contributed by atoms with Crippen LogP contribution >= 0.6 is 0 Å². The van der Waals surface area contributed by atoms with Crippen molar-refractivity contribution < 1.29 is 0 Å². The molecule has 0 aromatic heterocycles. The van der Waals surface area contributed by atoms with E-state index in [1.165, 1.54) is 0 Å². The van der Waals surface area contributed by atoms with E-state index in [2.05, 4.69) is 0 Å². The summed E-state index contributed by atoms with van der Waals surface area (Å²) in [5.41, 5.74) is 0. The Morgan fingerprint density at radius 1 is 0.160 bits per heavy atom. The van der Waals surface area contributed by atoms with Crippen molar-refractivity contribution in [2.45, 2.75) is 193 Å². The molecule has 0 bridgehead atoms. The Kier molecular flexibility index (Phi) is 9.30. The summed E-state index contributed by atoms with van der Waals surface area (Å²) in [6.45, 7) is 0. The molecule has 11 aliphatic rings. The standard InChI is InChI=1S/C50H80/c1-3-15-33-31(13-1)25-27-39-35-17-5-7-19-37(35)47(29-45(33)39)49-41-21-9-11-23-43(41)50(44-24-12-10-22-42(44)49)48-30-46-34-16-4-2-14-32(34)26-28-40(46)36-18-6-8-20-38(36)48/h31-50H,1-30H2. The molecule has 0 N–H and O–H groups in total. The van der Waals surface area contributed by atoms with Gasteiger partial charge in [-0.15, -0.1) is 0 Å². The summed E-state index contributed by atoms with van der Waals surface area (Å²) in [6, 6.07) is 0. The van der Waals surface area contributed by atoms with Crippen LogP contribution in [0.5, 0.6) is 0 Å². The number of hydrogen-bond donors (Lipinski definition) is 0. The second-order valence-corrected chi connectivity index (χ2v) is 22.6. The number of rotatable bonds is 2. The topological polar surface area (TPSA) is 0 Å². The summed E-state index contributed by atoms with van der Waals surface area (Å²) in [5.74, 6) is 22.8. The quantitative estimate of drug-likeness (QED) is 0.272. The van der Waals surface area contributed by atoms with Crippen molar-refractivity contribution in [3.8, 4) is 0 Å². The predicted molar refractivity (Wildman–Crippen MR) is 208 cm³/mol. The van der Waals surface area contributed by atoms with Crippen molar-refractivity contribution in [3.05, 3.63) is 0 Å². The molecule has 11 aliphatic carbocycles. The lowest BCUT2D eigenvalue weighted by Crippen LogP contribution is -2.59. The van der Waals surface area contributed by atoms with E-state index in [0.29, 0.717) is 0 Å². The first kappa shape index (κ1) is 33.3. The summed E-state index contributed by atoms with van der Waals surface area (Å²) < 4.78 is 0. The average molecular weight is 681 g/mol. The maximum atomic E-state index is 1.73. The summed E-state index contributed by atoms with van der Waals surface area (Å²) in [7, 11) is 0. The molecular formula is C50H80. The highest BCUT2D eigenvalue weighted by Crippen LogP contribution is 2.69. The van der Waals surface area contributed by atoms with Gasteiger partial charge in [0.15, 0.2) is 0 Å². The molecule has 0 aromatic carbocycles. The molecule has 0 aliphatic heterocycles. The lowest BCUT2D eigenvalue weighted by molar-refractivity contribution is -0.173. The van der Waals surface area contributed by atoms with E-state index in [-0.39, 0.29) is 0 Å². The van der Waals surface area contributed by atoms with Gasteiger partial charge in [-0.3, -0.25) is 0 Å². The van der Waals surface area contributed by atoms with Gasteiger partial charge in [-0.25, -0.2) is 0 Å². The third kappa shape index (κ3) is 5.41. The van der Waals surface area contributed by atoms with Crippen LogP contribution in [-0.2, 0) is 0 Å². The van der Waals surface area contributed by atoms with Crippen molar-refractivity contribution >= 4 is 0 Å². The molecule has 0 aromatic rings. The molecule has 0 heteroatoms. The van der Waals surface area contributed by atoms with E-state index >= 15 is 0 Å². The first-order valence-corrected chi connectivity index (χ1v) is 24.8. The van der Waals surface area contributed by atoms with Crippen LogP contribution in [0.1, 0.15) is 193 Å². The fourth-order valence-corrected chi connectivity index (χ4v) is 20.5. The van der Waals surface area contributed by atoms with Crippen molar-refractivity contribution in [1.82, 2.24) is 0 Å². The van der Waals surface area contributed by atoms with Crippen molar-refractivity contribution in [2.24, 2.45) is 118 Å². The van der Waals surface area contributed by atoms with Crippen LogP contribution in [0.3, 0.4) is 0 Å². The molecule has 11 saturated carbocycles. The van der Waals surface area contributed by atoms with Gasteiger partial charge in [0.25, 0.3) is 0 Å². The maximum absolute atomic E-state index is 1.73. The minimum atomic E-state index is 1.13. The molecule has 11 fully saturated rings. The molecule has 0 amide bonds. The molecule has 0 radical (unpaired) electrons. The number of hydrogen-bond acceptors (Lipinski definition) is 0. The molecule has 0 spiro atoms. The van der Waals surface area contributed by atoms with Crippen molar-refractivity contribution in [1.29, 1.82) is 0 Å². The van der Waals surface area contributed by atoms with Gasteiger partial charge in [-0.2, -0.15) is 0 Å². The highest BCUT2D eigenvalue weighted by atomic mass is 14.7. The largest absolute Gasteiger partial charge is 0.0530 e. The molecule has 0 heterocycles. The highest BCUT2D eigenvalue weighted by Gasteiger charge is 2.62. The van der Waals surface area contributed by atoms with Crippen molar-refractivity contribution in [3.63, 3.8) is 0 Å². The van der Waals surface area contributed by atoms with Gasteiger partial charge in [-0.1, -0.05) is 89.9 Å². The van der Waals surface area contributed by atoms with E-state index in [0.717, 1.165) is 118 Å². The van der Waals surface area contributed by atoms with Crippen LogP contribution in [0.4, 0.5) is 0 Å². The van der Waals surface area contributed by atoms with E-state index in [1.54, 1.807) is 193 Å². The summed E-state index contributed by atoms with van der Waals surface area (Å²) >= 11 is 0. The molecule has 18 atom stereocenters. The Labute approximate surface area is 310 Å². The van der Waals surface area contributed by atoms with Gasteiger partial charge in [-0.05, 0) is 221 Å². The van der Waals surface area contributed by atoms with E-state index in [9.17, 15) is 0 Å². The normalized spacial score (nSPS) is 57.6. The maximum Gasteiger partial charge on any atom is -0.0321 e. The number of fused-ring (bicyclic) bond motifs is 12. The van der Waals surface area contributed by atoms with Crippen molar-refractivity contribution in [2.75, 3.05) is 0 Å².